The van der Waals surface area contributed by atoms with Crippen LogP contribution in [-0.2, 0) is 25.1 Å². The van der Waals surface area contributed by atoms with Gasteiger partial charge in [0, 0.05) is 22.6 Å². The number of esters is 1. The average Bonchev–Trinajstić information content (AvgIpc) is 3.02. The standard InChI is InChI=1S/C38H36O5S/c39-36(32-16-31-25-7-1-5-11-29(25)35(32)30-12-6-2-8-26(30)31)43-22-37-17-23-15-24(18-37)20-38(19-23,21-37)33-13-14-34(44(40,41)42)28-10-4-3-9-27(28)33/h1-14,23-24,31-32,35H,15-22H2,(H,40,41,42). The average molecular weight is 605 g/mol. The predicted octanol–water partition coefficient (Wildman–Crippen LogP) is 7.77. The van der Waals surface area contributed by atoms with E-state index in [4.69, 9.17) is 4.74 Å². The second kappa shape index (κ2) is 9.27. The highest BCUT2D eigenvalue weighted by molar-refractivity contribution is 7.86. The van der Waals surface area contributed by atoms with Gasteiger partial charge in [-0.25, -0.2) is 0 Å². The Kier molecular flexibility index (Phi) is 5.67. The van der Waals surface area contributed by atoms with E-state index in [-0.39, 0.29) is 39.4 Å². The van der Waals surface area contributed by atoms with Crippen LogP contribution in [0, 0.1) is 23.2 Å². The number of hydrogen-bond acceptors (Lipinski definition) is 4. The van der Waals surface area contributed by atoms with Gasteiger partial charge in [-0.15, -0.1) is 0 Å². The number of ether oxygens (including phenoxy) is 1. The molecule has 7 aliphatic carbocycles. The van der Waals surface area contributed by atoms with Crippen molar-refractivity contribution < 1.29 is 22.5 Å². The van der Waals surface area contributed by atoms with E-state index in [0.717, 1.165) is 43.9 Å². The van der Waals surface area contributed by atoms with E-state index in [1.54, 1.807) is 12.1 Å². The minimum atomic E-state index is -4.34. The van der Waals surface area contributed by atoms with E-state index >= 15 is 0 Å². The summed E-state index contributed by atoms with van der Waals surface area (Å²) < 4.78 is 40.8. The molecule has 0 heterocycles. The molecule has 4 fully saturated rings. The van der Waals surface area contributed by atoms with Gasteiger partial charge in [-0.2, -0.15) is 8.42 Å². The Morgan fingerprint density at radius 1 is 0.750 bits per heavy atom. The SMILES string of the molecule is O=C(OCC12CC3CC(C1)CC(c1ccc(S(=O)(=O)O)c4ccccc14)(C3)C2)C1CC2c3ccccc3C1c1ccccc12. The minimum absolute atomic E-state index is 0.0323. The van der Waals surface area contributed by atoms with Crippen molar-refractivity contribution in [2.75, 3.05) is 6.61 Å². The number of hydrogen-bond donors (Lipinski definition) is 1. The van der Waals surface area contributed by atoms with Gasteiger partial charge in [0.1, 0.15) is 4.90 Å². The van der Waals surface area contributed by atoms with Crippen LogP contribution in [0.25, 0.3) is 10.8 Å². The van der Waals surface area contributed by atoms with Crippen LogP contribution in [0.15, 0.2) is 89.8 Å². The Labute approximate surface area is 258 Å². The molecular formula is C38H36O5S. The summed E-state index contributed by atoms with van der Waals surface area (Å²) in [7, 11) is -4.34. The van der Waals surface area contributed by atoms with Crippen LogP contribution in [0.3, 0.4) is 0 Å². The maximum Gasteiger partial charge on any atom is 0.309 e. The summed E-state index contributed by atoms with van der Waals surface area (Å²) in [6.45, 7) is 0.457. The van der Waals surface area contributed by atoms with E-state index < -0.39 is 10.1 Å². The monoisotopic (exact) mass is 604 g/mol. The largest absolute Gasteiger partial charge is 0.465 e. The first-order chi connectivity index (χ1) is 21.2. The summed E-state index contributed by atoms with van der Waals surface area (Å²) in [4.78, 5) is 14.0. The van der Waals surface area contributed by atoms with E-state index in [1.807, 2.05) is 24.3 Å². The van der Waals surface area contributed by atoms with Crippen molar-refractivity contribution in [2.45, 2.75) is 67.1 Å². The van der Waals surface area contributed by atoms with E-state index in [9.17, 15) is 17.8 Å². The lowest BCUT2D eigenvalue weighted by atomic mass is 9.43. The van der Waals surface area contributed by atoms with Crippen molar-refractivity contribution in [2.24, 2.45) is 23.2 Å². The van der Waals surface area contributed by atoms with Gasteiger partial charge in [0.25, 0.3) is 10.1 Å². The van der Waals surface area contributed by atoms with Crippen molar-refractivity contribution in [1.29, 1.82) is 0 Å². The Morgan fingerprint density at radius 2 is 1.34 bits per heavy atom. The highest BCUT2D eigenvalue weighted by Gasteiger charge is 2.59. The molecule has 5 nitrogen and oxygen atoms in total. The van der Waals surface area contributed by atoms with Crippen LogP contribution in [0.5, 0.6) is 0 Å². The molecule has 6 bridgehead atoms. The first-order valence-corrected chi connectivity index (χ1v) is 17.5. The van der Waals surface area contributed by atoms with Gasteiger partial charge in [-0.05, 0) is 101 Å². The first-order valence-electron chi connectivity index (χ1n) is 16.1. The van der Waals surface area contributed by atoms with Crippen molar-refractivity contribution in [3.05, 3.63) is 113 Å². The van der Waals surface area contributed by atoms with E-state index in [2.05, 4.69) is 48.5 Å². The topological polar surface area (TPSA) is 80.7 Å². The van der Waals surface area contributed by atoms with Crippen LogP contribution in [0.2, 0.25) is 0 Å². The van der Waals surface area contributed by atoms with E-state index in [0.29, 0.717) is 23.8 Å². The first kappa shape index (κ1) is 26.9. The highest BCUT2D eigenvalue weighted by atomic mass is 32.2. The van der Waals surface area contributed by atoms with Gasteiger partial charge in [-0.1, -0.05) is 78.9 Å². The molecule has 0 radical (unpaired) electrons. The third-order valence-corrected chi connectivity index (χ3v) is 13.0. The fourth-order valence-corrected chi connectivity index (χ4v) is 11.8. The second-order valence-corrected chi connectivity index (χ2v) is 16.0. The van der Waals surface area contributed by atoms with Crippen molar-refractivity contribution >= 4 is 26.9 Å². The van der Waals surface area contributed by atoms with Gasteiger partial charge < -0.3 is 4.74 Å². The van der Waals surface area contributed by atoms with Crippen LogP contribution in [0.4, 0.5) is 0 Å². The highest BCUT2D eigenvalue weighted by Crippen LogP contribution is 2.66. The number of carbonyl (C=O) groups is 1. The van der Waals surface area contributed by atoms with Crippen LogP contribution in [0.1, 0.15) is 84.6 Å². The fourth-order valence-electron chi connectivity index (χ4n) is 11.1. The molecule has 0 aromatic heterocycles. The molecule has 6 heteroatoms. The van der Waals surface area contributed by atoms with Gasteiger partial charge in [0.2, 0.25) is 0 Å². The molecule has 4 aromatic rings. The Morgan fingerprint density at radius 3 is 1.98 bits per heavy atom. The Bertz CT molecular complexity index is 1900. The van der Waals surface area contributed by atoms with Crippen molar-refractivity contribution in [3.8, 4) is 0 Å². The lowest BCUT2D eigenvalue weighted by Gasteiger charge is -2.62. The molecule has 3 atom stereocenters. The van der Waals surface area contributed by atoms with Crippen molar-refractivity contribution in [1.82, 2.24) is 0 Å². The summed E-state index contributed by atoms with van der Waals surface area (Å²) >= 11 is 0. The van der Waals surface area contributed by atoms with Crippen molar-refractivity contribution in [3.63, 3.8) is 0 Å². The lowest BCUT2D eigenvalue weighted by molar-refractivity contribution is -0.163. The zero-order valence-electron chi connectivity index (χ0n) is 24.6. The summed E-state index contributed by atoms with van der Waals surface area (Å²) in [5, 5.41) is 1.49. The van der Waals surface area contributed by atoms with Gasteiger partial charge in [0.15, 0.2) is 0 Å². The van der Waals surface area contributed by atoms with Crippen LogP contribution < -0.4 is 0 Å². The number of carbonyl (C=O) groups excluding carboxylic acids is 1. The quantitative estimate of drug-likeness (QED) is 0.186. The molecule has 0 saturated heterocycles. The molecule has 0 aliphatic heterocycles. The molecule has 4 aromatic carbocycles. The molecule has 0 spiro atoms. The molecule has 44 heavy (non-hydrogen) atoms. The van der Waals surface area contributed by atoms with Crippen LogP contribution >= 0.6 is 0 Å². The molecule has 224 valence electrons. The van der Waals surface area contributed by atoms with Crippen LogP contribution in [-0.4, -0.2) is 25.5 Å². The molecule has 4 saturated carbocycles. The molecule has 3 unspecified atom stereocenters. The fraction of sp³-hybridized carbons (Fsp3) is 0.395. The summed E-state index contributed by atoms with van der Waals surface area (Å²) in [5.41, 5.74) is 6.30. The molecule has 11 rings (SSSR count). The van der Waals surface area contributed by atoms with Gasteiger partial charge >= 0.3 is 5.97 Å². The van der Waals surface area contributed by atoms with E-state index in [1.165, 1.54) is 34.2 Å². The second-order valence-electron chi connectivity index (χ2n) is 14.6. The number of benzene rings is 4. The zero-order valence-corrected chi connectivity index (χ0v) is 25.4. The molecular weight excluding hydrogens is 568 g/mol. The summed E-state index contributed by atoms with van der Waals surface area (Å²) in [5.74, 6) is 1.17. The van der Waals surface area contributed by atoms with Gasteiger partial charge in [-0.3, -0.25) is 9.35 Å². The smallest absolute Gasteiger partial charge is 0.309 e. The molecule has 0 amide bonds. The Hall–Kier alpha value is -3.48. The third kappa shape index (κ3) is 3.86. The third-order valence-electron chi connectivity index (χ3n) is 12.0. The normalized spacial score (nSPS) is 32.8. The summed E-state index contributed by atoms with van der Waals surface area (Å²) in [6.07, 6.45) is 7.29. The molecule has 7 aliphatic rings. The predicted molar refractivity (Wildman–Crippen MR) is 168 cm³/mol. The maximum atomic E-state index is 14.1. The zero-order chi connectivity index (χ0) is 29.8. The molecule has 1 N–H and O–H groups in total. The maximum absolute atomic E-state index is 14.1. The number of fused-ring (bicyclic) bond motifs is 2. The summed E-state index contributed by atoms with van der Waals surface area (Å²) in [6, 6.07) is 28.4. The lowest BCUT2D eigenvalue weighted by Crippen LogP contribution is -2.55. The Balaban J connectivity index is 1.03. The minimum Gasteiger partial charge on any atom is -0.465 e. The number of rotatable bonds is 5. The van der Waals surface area contributed by atoms with Gasteiger partial charge in [0.05, 0.1) is 12.5 Å².